The Balaban J connectivity index is 3.70. The molecule has 0 heterocycles. The molecule has 6 heteroatoms. The van der Waals surface area contributed by atoms with Crippen LogP contribution < -0.4 is 10.6 Å². The molecule has 3 amide bonds. The van der Waals surface area contributed by atoms with Crippen molar-refractivity contribution < 1.29 is 9.59 Å². The first-order valence-corrected chi connectivity index (χ1v) is 4.00. The van der Waals surface area contributed by atoms with Gasteiger partial charge in [-0.05, 0) is 6.26 Å². The van der Waals surface area contributed by atoms with E-state index in [9.17, 15) is 9.59 Å². The first kappa shape index (κ1) is 9.96. The molecule has 0 aromatic carbocycles. The standard InChI is InChI=1S/C5H9N3O2S/c1-3(9)7-5(10)8-4(6)11-2/h1-2H3,(H3,6,7,8,9,10). The van der Waals surface area contributed by atoms with Crippen LogP contribution in [0.15, 0.2) is 0 Å². The maximum atomic E-state index is 10.6. The largest absolute Gasteiger partial charge is 0.327 e. The molecule has 5 nitrogen and oxygen atoms in total. The molecule has 0 aliphatic heterocycles. The number of carbonyl (C=O) groups is 2. The molecule has 3 N–H and O–H groups in total. The van der Waals surface area contributed by atoms with Crippen LogP contribution in [0.1, 0.15) is 6.92 Å². The van der Waals surface area contributed by atoms with Gasteiger partial charge in [0.2, 0.25) is 5.91 Å². The van der Waals surface area contributed by atoms with Crippen molar-refractivity contribution >= 4 is 28.9 Å². The third-order valence-electron chi connectivity index (χ3n) is 0.721. The number of amides is 3. The van der Waals surface area contributed by atoms with E-state index in [1.165, 1.54) is 6.92 Å². The fourth-order valence-electron chi connectivity index (χ4n) is 0.345. The molecule has 0 bridgehead atoms. The predicted octanol–water partition coefficient (Wildman–Crippen LogP) is 0.130. The van der Waals surface area contributed by atoms with Gasteiger partial charge in [0, 0.05) is 6.92 Å². The molecule has 0 aromatic rings. The number of urea groups is 1. The molecule has 0 radical (unpaired) electrons. The van der Waals surface area contributed by atoms with E-state index in [-0.39, 0.29) is 5.17 Å². The van der Waals surface area contributed by atoms with E-state index in [0.717, 1.165) is 11.8 Å². The average Bonchev–Trinajstić information content (AvgIpc) is 1.85. The van der Waals surface area contributed by atoms with E-state index in [0.29, 0.717) is 0 Å². The molecule has 0 spiro atoms. The fourth-order valence-corrected chi connectivity index (χ4v) is 0.540. The number of carbonyl (C=O) groups excluding carboxylic acids is 2. The number of imide groups is 1. The van der Waals surface area contributed by atoms with E-state index >= 15 is 0 Å². The van der Waals surface area contributed by atoms with Crippen molar-refractivity contribution in [3.8, 4) is 0 Å². The minimum atomic E-state index is -0.670. The molecule has 0 rings (SSSR count). The second kappa shape index (κ2) is 4.73. The number of rotatable bonds is 0. The van der Waals surface area contributed by atoms with Gasteiger partial charge in [-0.15, -0.1) is 0 Å². The molecular formula is C5H9N3O2S. The van der Waals surface area contributed by atoms with Gasteiger partial charge >= 0.3 is 6.03 Å². The lowest BCUT2D eigenvalue weighted by Crippen LogP contribution is -2.40. The van der Waals surface area contributed by atoms with Crippen LogP contribution in [0.4, 0.5) is 4.79 Å². The number of amidine groups is 1. The van der Waals surface area contributed by atoms with Crippen LogP contribution in [0.25, 0.3) is 0 Å². The van der Waals surface area contributed by atoms with Gasteiger partial charge in [-0.25, -0.2) is 4.79 Å². The minimum absolute atomic E-state index is 0.00347. The Labute approximate surface area is 68.4 Å². The van der Waals surface area contributed by atoms with Crippen LogP contribution in [-0.2, 0) is 4.79 Å². The third-order valence-corrected chi connectivity index (χ3v) is 1.23. The van der Waals surface area contributed by atoms with Gasteiger partial charge < -0.3 is 0 Å². The van der Waals surface area contributed by atoms with Crippen molar-refractivity contribution in [1.82, 2.24) is 10.6 Å². The minimum Gasteiger partial charge on any atom is -0.287 e. The van der Waals surface area contributed by atoms with Crippen LogP contribution in [0, 0.1) is 5.41 Å². The first-order chi connectivity index (χ1) is 5.06. The van der Waals surface area contributed by atoms with Crippen molar-refractivity contribution in [3.05, 3.63) is 0 Å². The van der Waals surface area contributed by atoms with Gasteiger partial charge in [-0.2, -0.15) is 0 Å². The van der Waals surface area contributed by atoms with Gasteiger partial charge in [-0.3, -0.25) is 20.8 Å². The van der Waals surface area contributed by atoms with Crippen LogP contribution in [0.5, 0.6) is 0 Å². The molecule has 0 aromatic heterocycles. The number of nitrogens with one attached hydrogen (secondary N) is 3. The van der Waals surface area contributed by atoms with E-state index in [1.807, 2.05) is 5.32 Å². The van der Waals surface area contributed by atoms with Gasteiger partial charge in [0.25, 0.3) is 0 Å². The Morgan fingerprint density at radius 3 is 2.27 bits per heavy atom. The molecule has 11 heavy (non-hydrogen) atoms. The Morgan fingerprint density at radius 2 is 1.91 bits per heavy atom. The predicted molar refractivity (Wildman–Crippen MR) is 43.6 cm³/mol. The molecule has 0 atom stereocenters. The quantitative estimate of drug-likeness (QED) is 0.361. The number of hydrogen-bond donors (Lipinski definition) is 3. The molecule has 0 aliphatic rings. The van der Waals surface area contributed by atoms with Crippen molar-refractivity contribution in [3.63, 3.8) is 0 Å². The maximum Gasteiger partial charge on any atom is 0.327 e. The molecule has 0 saturated carbocycles. The second-order valence-corrected chi connectivity index (χ2v) is 2.49. The fraction of sp³-hybridized carbons (Fsp3) is 0.400. The Kier molecular flexibility index (Phi) is 4.28. The number of thioether (sulfide) groups is 1. The summed E-state index contributed by atoms with van der Waals surface area (Å²) in [5.41, 5.74) is 0. The maximum absolute atomic E-state index is 10.6. The van der Waals surface area contributed by atoms with Gasteiger partial charge in [0.15, 0.2) is 5.17 Å². The summed E-state index contributed by atoms with van der Waals surface area (Å²) in [6, 6.07) is -0.670. The molecular weight excluding hydrogens is 166 g/mol. The van der Waals surface area contributed by atoms with Gasteiger partial charge in [-0.1, -0.05) is 11.8 Å². The lowest BCUT2D eigenvalue weighted by Gasteiger charge is -2.02. The van der Waals surface area contributed by atoms with E-state index in [1.54, 1.807) is 6.26 Å². The normalized spacial score (nSPS) is 8.55. The lowest BCUT2D eigenvalue weighted by molar-refractivity contribution is -0.117. The molecule has 62 valence electrons. The topological polar surface area (TPSA) is 82.1 Å². The Hall–Kier alpha value is -1.04. The molecule has 0 saturated heterocycles. The van der Waals surface area contributed by atoms with Gasteiger partial charge in [0.05, 0.1) is 0 Å². The lowest BCUT2D eigenvalue weighted by atomic mass is 10.7. The first-order valence-electron chi connectivity index (χ1n) is 2.77. The average molecular weight is 175 g/mol. The van der Waals surface area contributed by atoms with Crippen molar-refractivity contribution in [1.29, 1.82) is 5.41 Å². The Bertz CT molecular complexity index is 192. The number of hydrogen-bond acceptors (Lipinski definition) is 4. The van der Waals surface area contributed by atoms with E-state index < -0.39 is 11.9 Å². The monoisotopic (exact) mass is 175 g/mol. The Morgan fingerprint density at radius 1 is 1.36 bits per heavy atom. The second-order valence-electron chi connectivity index (χ2n) is 1.67. The van der Waals surface area contributed by atoms with E-state index in [2.05, 4.69) is 5.32 Å². The van der Waals surface area contributed by atoms with Crippen molar-refractivity contribution in [2.24, 2.45) is 0 Å². The highest BCUT2D eigenvalue weighted by Crippen LogP contribution is 1.89. The summed E-state index contributed by atoms with van der Waals surface area (Å²) in [5.74, 6) is -0.448. The van der Waals surface area contributed by atoms with Crippen molar-refractivity contribution in [2.75, 3.05) is 6.26 Å². The van der Waals surface area contributed by atoms with Crippen LogP contribution >= 0.6 is 11.8 Å². The molecule has 0 unspecified atom stereocenters. The summed E-state index contributed by atoms with van der Waals surface area (Å²) < 4.78 is 0. The van der Waals surface area contributed by atoms with Gasteiger partial charge in [0.1, 0.15) is 0 Å². The van der Waals surface area contributed by atoms with Crippen LogP contribution in [0.3, 0.4) is 0 Å². The molecule has 0 fully saturated rings. The van der Waals surface area contributed by atoms with Crippen LogP contribution in [0.2, 0.25) is 0 Å². The smallest absolute Gasteiger partial charge is 0.287 e. The third kappa shape index (κ3) is 5.41. The summed E-state index contributed by atoms with van der Waals surface area (Å²) in [6.07, 6.45) is 1.65. The summed E-state index contributed by atoms with van der Waals surface area (Å²) in [4.78, 5) is 20.9. The summed E-state index contributed by atoms with van der Waals surface area (Å²) in [7, 11) is 0. The highest BCUT2D eigenvalue weighted by molar-refractivity contribution is 8.13. The highest BCUT2D eigenvalue weighted by Gasteiger charge is 2.03. The zero-order valence-corrected chi connectivity index (χ0v) is 7.04. The summed E-state index contributed by atoms with van der Waals surface area (Å²) in [6.45, 7) is 1.22. The summed E-state index contributed by atoms with van der Waals surface area (Å²) in [5, 5.41) is 11.1. The molecule has 0 aliphatic carbocycles. The highest BCUT2D eigenvalue weighted by atomic mass is 32.2. The van der Waals surface area contributed by atoms with Crippen molar-refractivity contribution in [2.45, 2.75) is 6.92 Å². The zero-order valence-electron chi connectivity index (χ0n) is 6.22. The SMILES string of the molecule is CSC(=N)NC(=O)NC(C)=O. The van der Waals surface area contributed by atoms with Crippen LogP contribution in [-0.4, -0.2) is 23.4 Å². The van der Waals surface area contributed by atoms with E-state index in [4.69, 9.17) is 5.41 Å². The summed E-state index contributed by atoms with van der Waals surface area (Å²) >= 11 is 1.08. The zero-order chi connectivity index (χ0) is 8.85.